The normalized spacial score (nSPS) is 24.3. The fourth-order valence-corrected chi connectivity index (χ4v) is 2.82. The van der Waals surface area contributed by atoms with Gasteiger partial charge in [-0.05, 0) is 6.07 Å². The molecular formula is C15H17N3O3. The molecule has 110 valence electrons. The van der Waals surface area contributed by atoms with Gasteiger partial charge in [-0.3, -0.25) is 0 Å². The first-order valence-electron chi connectivity index (χ1n) is 6.76. The molecule has 0 amide bonds. The average molecular weight is 287 g/mol. The lowest BCUT2D eigenvalue weighted by Crippen LogP contribution is -2.64. The minimum Gasteiger partial charge on any atom is -0.623 e. The van der Waals surface area contributed by atoms with Gasteiger partial charge in [0.25, 0.3) is 5.71 Å². The van der Waals surface area contributed by atoms with Gasteiger partial charge >= 0.3 is 5.71 Å². The molecular weight excluding hydrogens is 270 g/mol. The lowest BCUT2D eigenvalue weighted by atomic mass is 9.81. The molecule has 0 fully saturated rings. The van der Waals surface area contributed by atoms with Crippen LogP contribution in [0.25, 0.3) is 0 Å². The summed E-state index contributed by atoms with van der Waals surface area (Å²) in [5.41, 5.74) is -0.104. The van der Waals surface area contributed by atoms with E-state index in [1.54, 1.807) is 52.0 Å². The zero-order chi connectivity index (χ0) is 15.6. The molecule has 0 aromatic heterocycles. The summed E-state index contributed by atoms with van der Waals surface area (Å²) >= 11 is 0. The van der Waals surface area contributed by atoms with Crippen LogP contribution in [0.2, 0.25) is 0 Å². The Balaban J connectivity index is 2.47. The Hall–Kier alpha value is -2.37. The molecule has 0 spiro atoms. The lowest BCUT2D eigenvalue weighted by Gasteiger charge is -2.40. The van der Waals surface area contributed by atoms with Gasteiger partial charge in [0.2, 0.25) is 11.1 Å². The maximum Gasteiger partial charge on any atom is 0.315 e. The Kier molecular flexibility index (Phi) is 2.49. The van der Waals surface area contributed by atoms with Gasteiger partial charge in [0.1, 0.15) is 0 Å². The van der Waals surface area contributed by atoms with Crippen molar-refractivity contribution in [2.45, 2.75) is 38.8 Å². The quantitative estimate of drug-likeness (QED) is 0.341. The molecule has 21 heavy (non-hydrogen) atoms. The number of hydrogen-bond donors (Lipinski definition) is 1. The molecule has 2 aliphatic rings. The van der Waals surface area contributed by atoms with E-state index < -0.39 is 11.1 Å². The van der Waals surface area contributed by atoms with Crippen molar-refractivity contribution in [1.82, 2.24) is 0 Å². The van der Waals surface area contributed by atoms with Crippen molar-refractivity contribution in [1.29, 1.82) is 0 Å². The smallest absolute Gasteiger partial charge is 0.315 e. The van der Waals surface area contributed by atoms with Gasteiger partial charge in [-0.25, -0.2) is 0 Å². The molecule has 0 unspecified atom stereocenters. The Morgan fingerprint density at radius 2 is 1.38 bits per heavy atom. The van der Waals surface area contributed by atoms with Crippen molar-refractivity contribution >= 4 is 17.1 Å². The Bertz CT molecular complexity index is 742. The topological polar surface area (TPSA) is 84.7 Å². The monoisotopic (exact) mass is 287 g/mol. The zero-order valence-corrected chi connectivity index (χ0v) is 12.4. The van der Waals surface area contributed by atoms with Crippen LogP contribution in [0.3, 0.4) is 0 Å². The number of hydroxylamine groups is 2. The number of rotatable bonds is 0. The zero-order valence-electron chi connectivity index (χ0n) is 12.4. The molecule has 0 bridgehead atoms. The van der Waals surface area contributed by atoms with E-state index >= 15 is 0 Å². The van der Waals surface area contributed by atoms with Crippen LogP contribution in [-0.2, 0) is 0 Å². The van der Waals surface area contributed by atoms with Gasteiger partial charge in [-0.2, -0.15) is 9.48 Å². The summed E-state index contributed by atoms with van der Waals surface area (Å²) in [6.07, 6.45) is 0. The third kappa shape index (κ3) is 1.39. The highest BCUT2D eigenvalue weighted by Crippen LogP contribution is 2.35. The minimum atomic E-state index is -0.967. The van der Waals surface area contributed by atoms with Crippen molar-refractivity contribution in [2.24, 2.45) is 5.16 Å². The van der Waals surface area contributed by atoms with Crippen molar-refractivity contribution in [2.75, 3.05) is 0 Å². The largest absolute Gasteiger partial charge is 0.623 e. The maximum absolute atomic E-state index is 12.9. The average Bonchev–Trinajstić information content (AvgIpc) is 2.78. The van der Waals surface area contributed by atoms with Crippen LogP contribution in [0.1, 0.15) is 38.8 Å². The summed E-state index contributed by atoms with van der Waals surface area (Å²) in [4.78, 5) is 0. The minimum absolute atomic E-state index is 0.137. The first-order valence-corrected chi connectivity index (χ1v) is 6.76. The van der Waals surface area contributed by atoms with Gasteiger partial charge in [-0.1, -0.05) is 23.4 Å². The van der Waals surface area contributed by atoms with Gasteiger partial charge in [0.15, 0.2) is 5.71 Å². The van der Waals surface area contributed by atoms with Crippen molar-refractivity contribution in [3.63, 3.8) is 0 Å². The molecule has 1 aliphatic heterocycles. The predicted molar refractivity (Wildman–Crippen MR) is 79.3 cm³/mol. The van der Waals surface area contributed by atoms with Gasteiger partial charge in [0.05, 0.1) is 5.56 Å². The summed E-state index contributed by atoms with van der Waals surface area (Å²) < 4.78 is 1.67. The van der Waals surface area contributed by atoms with E-state index in [-0.39, 0.29) is 17.1 Å². The van der Waals surface area contributed by atoms with Gasteiger partial charge in [0, 0.05) is 33.3 Å². The molecule has 0 atom stereocenters. The number of fused-ring (bicyclic) bond motifs is 3. The number of nitrogens with zero attached hydrogens (tertiary/aromatic N) is 3. The molecule has 0 saturated carbocycles. The van der Waals surface area contributed by atoms with Gasteiger partial charge < -0.3 is 15.6 Å². The fraction of sp³-hybridized carbons (Fsp3) is 0.400. The second-order valence-corrected chi connectivity index (χ2v) is 6.40. The molecule has 1 aromatic carbocycles. The Labute approximate surface area is 122 Å². The second-order valence-electron chi connectivity index (χ2n) is 6.40. The van der Waals surface area contributed by atoms with Crippen LogP contribution >= 0.6 is 0 Å². The standard InChI is InChI=1S/C15H17N3O3/c1-14(2)15(3,4)18(21)13-11(16-19)9-7-5-6-8-10(9)12(13)17(14)20/h5-8,19H,1-4H3/b16-11-. The fourth-order valence-electron chi connectivity index (χ4n) is 2.82. The first-order chi connectivity index (χ1) is 9.75. The molecule has 6 nitrogen and oxygen atoms in total. The van der Waals surface area contributed by atoms with Crippen molar-refractivity contribution in [3.8, 4) is 0 Å². The number of hydrogen-bond acceptors (Lipinski definition) is 4. The van der Waals surface area contributed by atoms with Gasteiger partial charge in [-0.15, -0.1) is 0 Å². The number of benzene rings is 1. The Morgan fingerprint density at radius 1 is 0.905 bits per heavy atom. The molecule has 0 radical (unpaired) electrons. The highest BCUT2D eigenvalue weighted by Gasteiger charge is 2.61. The van der Waals surface area contributed by atoms with E-state index in [1.807, 2.05) is 0 Å². The highest BCUT2D eigenvalue weighted by atomic mass is 16.5. The summed E-state index contributed by atoms with van der Waals surface area (Å²) in [7, 11) is 0. The summed E-state index contributed by atoms with van der Waals surface area (Å²) in [5, 5.41) is 38.3. The van der Waals surface area contributed by atoms with Crippen LogP contribution < -0.4 is 0 Å². The molecule has 3 rings (SSSR count). The third-order valence-electron chi connectivity index (χ3n) is 4.90. The van der Waals surface area contributed by atoms with E-state index in [0.717, 1.165) is 9.48 Å². The van der Waals surface area contributed by atoms with Crippen LogP contribution in [0.5, 0.6) is 0 Å². The summed E-state index contributed by atoms with van der Waals surface area (Å²) in [6, 6.07) is 7.07. The SMILES string of the molecule is CC1(C)[N+]([O-])=C2C(=[N+]([O-])C1(C)C)c1ccccc1/C2=N/O. The molecule has 1 N–H and O–H groups in total. The Morgan fingerprint density at radius 3 is 1.90 bits per heavy atom. The third-order valence-corrected chi connectivity index (χ3v) is 4.90. The summed E-state index contributed by atoms with van der Waals surface area (Å²) in [5.74, 6) is 0. The van der Waals surface area contributed by atoms with E-state index in [2.05, 4.69) is 5.16 Å². The highest BCUT2D eigenvalue weighted by molar-refractivity contribution is 6.76. The first kappa shape index (κ1) is 13.6. The van der Waals surface area contributed by atoms with E-state index in [4.69, 9.17) is 0 Å². The molecule has 1 aromatic rings. The molecule has 6 heteroatoms. The second kappa shape index (κ2) is 3.84. The van der Waals surface area contributed by atoms with Crippen molar-refractivity contribution in [3.05, 3.63) is 45.8 Å². The maximum atomic E-state index is 12.9. The number of oxime groups is 1. The van der Waals surface area contributed by atoms with Crippen LogP contribution in [0, 0.1) is 10.4 Å². The van der Waals surface area contributed by atoms with E-state index in [9.17, 15) is 15.6 Å². The van der Waals surface area contributed by atoms with Crippen molar-refractivity contribution < 1.29 is 14.7 Å². The summed E-state index contributed by atoms with van der Waals surface area (Å²) in [6.45, 7) is 6.91. The molecule has 1 aliphatic carbocycles. The predicted octanol–water partition coefficient (Wildman–Crippen LogP) is 1.70. The van der Waals surface area contributed by atoms with Crippen LogP contribution in [0.15, 0.2) is 29.4 Å². The molecule has 0 saturated heterocycles. The van der Waals surface area contributed by atoms with E-state index in [0.29, 0.717) is 11.1 Å². The molecule has 1 heterocycles. The van der Waals surface area contributed by atoms with E-state index in [1.165, 1.54) is 0 Å². The van der Waals surface area contributed by atoms with Crippen LogP contribution in [0.4, 0.5) is 0 Å². The van der Waals surface area contributed by atoms with Crippen LogP contribution in [-0.4, -0.2) is 42.9 Å². The lowest BCUT2D eigenvalue weighted by molar-refractivity contribution is -0.665.